The van der Waals surface area contributed by atoms with Gasteiger partial charge in [-0.2, -0.15) is 11.8 Å². The van der Waals surface area contributed by atoms with Gasteiger partial charge in [-0.05, 0) is 48.7 Å². The Kier molecular flexibility index (Phi) is 7.53. The third kappa shape index (κ3) is 6.80. The molecule has 6 heteroatoms. The summed E-state index contributed by atoms with van der Waals surface area (Å²) in [7, 11) is 0. The fourth-order valence-electron chi connectivity index (χ4n) is 2.29. The summed E-state index contributed by atoms with van der Waals surface area (Å²) in [6, 6.07) is 13.4. The van der Waals surface area contributed by atoms with E-state index in [2.05, 4.69) is 5.32 Å². The number of ether oxygens (including phenoxy) is 1. The number of carbonyl (C=O) groups is 2. The highest BCUT2D eigenvalue weighted by molar-refractivity contribution is 7.98. The van der Waals surface area contributed by atoms with E-state index in [1.165, 1.54) is 0 Å². The predicted molar refractivity (Wildman–Crippen MR) is 105 cm³/mol. The number of amides is 1. The fourth-order valence-corrected chi connectivity index (χ4v) is 3.17. The summed E-state index contributed by atoms with van der Waals surface area (Å²) in [5.74, 6) is 0.971. The topological polar surface area (TPSA) is 75.6 Å². The van der Waals surface area contributed by atoms with Gasteiger partial charge in [0, 0.05) is 17.2 Å². The molecular formula is C20H23NO4S. The van der Waals surface area contributed by atoms with Gasteiger partial charge in [-0.25, -0.2) is 0 Å². The lowest BCUT2D eigenvalue weighted by Crippen LogP contribution is -2.20. The molecule has 0 heterocycles. The van der Waals surface area contributed by atoms with Gasteiger partial charge in [0.25, 0.3) is 5.91 Å². The first-order valence-corrected chi connectivity index (χ1v) is 9.48. The van der Waals surface area contributed by atoms with Crippen LogP contribution in [0.15, 0.2) is 42.5 Å². The van der Waals surface area contributed by atoms with Gasteiger partial charge >= 0.3 is 5.97 Å². The van der Waals surface area contributed by atoms with Crippen molar-refractivity contribution in [2.24, 2.45) is 0 Å². The number of nitrogens with one attached hydrogen (secondary N) is 1. The third-order valence-electron chi connectivity index (χ3n) is 3.64. The number of carbonyl (C=O) groups excluding carboxylic acids is 1. The molecule has 2 rings (SSSR count). The van der Waals surface area contributed by atoms with Gasteiger partial charge in [0.05, 0.1) is 6.42 Å². The highest BCUT2D eigenvalue weighted by Gasteiger charge is 2.07. The maximum absolute atomic E-state index is 12.1. The number of carboxylic acid groups (broad SMARTS) is 1. The van der Waals surface area contributed by atoms with E-state index in [0.29, 0.717) is 22.9 Å². The first-order valence-electron chi connectivity index (χ1n) is 8.32. The average molecular weight is 373 g/mol. The monoisotopic (exact) mass is 373 g/mol. The number of anilines is 1. The quantitative estimate of drug-likeness (QED) is 0.649. The molecule has 0 radical (unpaired) electrons. The zero-order chi connectivity index (χ0) is 18.9. The van der Waals surface area contributed by atoms with Crippen molar-refractivity contribution in [3.8, 4) is 5.75 Å². The molecule has 2 aromatic rings. The SMILES string of the molecule is Cc1ccc(C)c(OCC(=O)Nc2cccc(CSCCC(=O)O)c2)c1. The number of thioether (sulfide) groups is 1. The van der Waals surface area contributed by atoms with E-state index < -0.39 is 5.97 Å². The number of benzene rings is 2. The van der Waals surface area contributed by atoms with Gasteiger partial charge in [0.15, 0.2) is 6.61 Å². The van der Waals surface area contributed by atoms with E-state index in [1.54, 1.807) is 11.8 Å². The fraction of sp³-hybridized carbons (Fsp3) is 0.300. The van der Waals surface area contributed by atoms with Crippen molar-refractivity contribution in [2.45, 2.75) is 26.0 Å². The van der Waals surface area contributed by atoms with Crippen LogP contribution in [0.3, 0.4) is 0 Å². The summed E-state index contributed by atoms with van der Waals surface area (Å²) in [6.07, 6.45) is 0.150. The summed E-state index contributed by atoms with van der Waals surface area (Å²) < 4.78 is 5.61. The number of hydrogen-bond acceptors (Lipinski definition) is 4. The van der Waals surface area contributed by atoms with Crippen LogP contribution in [-0.4, -0.2) is 29.3 Å². The second-order valence-electron chi connectivity index (χ2n) is 6.00. The minimum Gasteiger partial charge on any atom is -0.483 e. The van der Waals surface area contributed by atoms with E-state index in [1.807, 2.05) is 56.3 Å². The molecule has 0 saturated heterocycles. The van der Waals surface area contributed by atoms with E-state index in [-0.39, 0.29) is 18.9 Å². The summed E-state index contributed by atoms with van der Waals surface area (Å²) in [6.45, 7) is 3.87. The molecule has 0 spiro atoms. The summed E-state index contributed by atoms with van der Waals surface area (Å²) in [4.78, 5) is 22.6. The van der Waals surface area contributed by atoms with E-state index in [0.717, 1.165) is 16.7 Å². The summed E-state index contributed by atoms with van der Waals surface area (Å²) in [5.41, 5.74) is 3.81. The van der Waals surface area contributed by atoms with Crippen LogP contribution in [-0.2, 0) is 15.3 Å². The van der Waals surface area contributed by atoms with Crippen molar-refractivity contribution in [2.75, 3.05) is 17.7 Å². The van der Waals surface area contributed by atoms with E-state index >= 15 is 0 Å². The maximum Gasteiger partial charge on any atom is 0.304 e. The molecule has 138 valence electrons. The molecule has 0 fully saturated rings. The zero-order valence-electron chi connectivity index (χ0n) is 15.0. The van der Waals surface area contributed by atoms with Crippen LogP contribution >= 0.6 is 11.8 Å². The van der Waals surface area contributed by atoms with Crippen LogP contribution in [0.5, 0.6) is 5.75 Å². The highest BCUT2D eigenvalue weighted by atomic mass is 32.2. The maximum atomic E-state index is 12.1. The zero-order valence-corrected chi connectivity index (χ0v) is 15.8. The van der Waals surface area contributed by atoms with Crippen molar-refractivity contribution in [1.82, 2.24) is 0 Å². The number of hydrogen-bond donors (Lipinski definition) is 2. The van der Waals surface area contributed by atoms with Crippen molar-refractivity contribution in [3.63, 3.8) is 0 Å². The largest absolute Gasteiger partial charge is 0.483 e. The van der Waals surface area contributed by atoms with Gasteiger partial charge < -0.3 is 15.2 Å². The Morgan fingerprint density at radius 3 is 2.73 bits per heavy atom. The second kappa shape index (κ2) is 9.87. The number of carboxylic acids is 1. The normalized spacial score (nSPS) is 10.4. The lowest BCUT2D eigenvalue weighted by atomic mass is 10.1. The first kappa shape index (κ1) is 19.8. The molecular weight excluding hydrogens is 350 g/mol. The Balaban J connectivity index is 1.83. The molecule has 2 aromatic carbocycles. The van der Waals surface area contributed by atoms with Crippen LogP contribution in [0.4, 0.5) is 5.69 Å². The Hall–Kier alpha value is -2.47. The first-order chi connectivity index (χ1) is 12.4. The van der Waals surface area contributed by atoms with E-state index in [9.17, 15) is 9.59 Å². The molecule has 0 aromatic heterocycles. The Morgan fingerprint density at radius 2 is 1.96 bits per heavy atom. The van der Waals surface area contributed by atoms with Crippen molar-refractivity contribution in [3.05, 3.63) is 59.2 Å². The molecule has 0 aliphatic heterocycles. The molecule has 1 amide bonds. The predicted octanol–water partition coefficient (Wildman–Crippen LogP) is 4.03. The Morgan fingerprint density at radius 1 is 1.15 bits per heavy atom. The van der Waals surface area contributed by atoms with Crippen molar-refractivity contribution < 1.29 is 19.4 Å². The number of rotatable bonds is 9. The van der Waals surface area contributed by atoms with Gasteiger partial charge in [-0.15, -0.1) is 0 Å². The molecule has 26 heavy (non-hydrogen) atoms. The van der Waals surface area contributed by atoms with Gasteiger partial charge in [-0.3, -0.25) is 9.59 Å². The molecule has 0 unspecified atom stereocenters. The van der Waals surface area contributed by atoms with Crippen molar-refractivity contribution in [1.29, 1.82) is 0 Å². The van der Waals surface area contributed by atoms with Crippen LogP contribution in [0.1, 0.15) is 23.1 Å². The molecule has 0 bridgehead atoms. The minimum absolute atomic E-state index is 0.0537. The van der Waals surface area contributed by atoms with Crippen LogP contribution in [0, 0.1) is 13.8 Å². The lowest BCUT2D eigenvalue weighted by molar-refractivity contribution is -0.136. The van der Waals surface area contributed by atoms with Crippen LogP contribution in [0.2, 0.25) is 0 Å². The number of aliphatic carboxylic acids is 1. The average Bonchev–Trinajstić information content (AvgIpc) is 2.60. The minimum atomic E-state index is -0.789. The molecule has 0 aliphatic carbocycles. The molecule has 0 saturated carbocycles. The van der Waals surface area contributed by atoms with Gasteiger partial charge in [-0.1, -0.05) is 24.3 Å². The standard InChI is InChI=1S/C20H23NO4S/c1-14-6-7-15(2)18(10-14)25-12-19(22)21-17-5-3-4-16(11-17)13-26-9-8-20(23)24/h3-7,10-11H,8-9,12-13H2,1-2H3,(H,21,22)(H,23,24). The van der Waals surface area contributed by atoms with Crippen LogP contribution < -0.4 is 10.1 Å². The van der Waals surface area contributed by atoms with Gasteiger partial charge in [0.1, 0.15) is 5.75 Å². The Labute approximate surface area is 157 Å². The molecule has 2 N–H and O–H groups in total. The lowest BCUT2D eigenvalue weighted by Gasteiger charge is -2.11. The number of aryl methyl sites for hydroxylation is 2. The molecule has 5 nitrogen and oxygen atoms in total. The van der Waals surface area contributed by atoms with Crippen molar-refractivity contribution >= 4 is 29.3 Å². The molecule has 0 atom stereocenters. The van der Waals surface area contributed by atoms with Crippen LogP contribution in [0.25, 0.3) is 0 Å². The summed E-state index contributed by atoms with van der Waals surface area (Å²) >= 11 is 1.55. The second-order valence-corrected chi connectivity index (χ2v) is 7.11. The van der Waals surface area contributed by atoms with E-state index in [4.69, 9.17) is 9.84 Å². The molecule has 0 aliphatic rings. The smallest absolute Gasteiger partial charge is 0.304 e. The third-order valence-corrected chi connectivity index (χ3v) is 4.67. The van der Waals surface area contributed by atoms with Gasteiger partial charge in [0.2, 0.25) is 0 Å². The summed E-state index contributed by atoms with van der Waals surface area (Å²) in [5, 5.41) is 11.5. The Bertz CT molecular complexity index is 776. The highest BCUT2D eigenvalue weighted by Crippen LogP contribution is 2.20.